The molecule has 7 heteroatoms. The average Bonchev–Trinajstić information content (AvgIpc) is 3.15. The zero-order chi connectivity index (χ0) is 22.4. The molecule has 0 atom stereocenters. The van der Waals surface area contributed by atoms with E-state index in [0.717, 1.165) is 16.5 Å². The highest BCUT2D eigenvalue weighted by molar-refractivity contribution is 6.05. The van der Waals surface area contributed by atoms with Crippen LogP contribution in [0.4, 0.5) is 5.69 Å². The minimum absolute atomic E-state index is 0.0850. The third kappa shape index (κ3) is 5.51. The van der Waals surface area contributed by atoms with E-state index in [1.807, 2.05) is 65.9 Å². The molecule has 0 aliphatic heterocycles. The maximum atomic E-state index is 12.6. The van der Waals surface area contributed by atoms with E-state index < -0.39 is 0 Å². The van der Waals surface area contributed by atoms with Gasteiger partial charge >= 0.3 is 0 Å². The fraction of sp³-hybridized carbons (Fsp3) is 0.292. The van der Waals surface area contributed by atoms with E-state index in [4.69, 9.17) is 0 Å². The summed E-state index contributed by atoms with van der Waals surface area (Å²) in [6.45, 7) is 7.53. The summed E-state index contributed by atoms with van der Waals surface area (Å²) < 4.78 is 1.93. The van der Waals surface area contributed by atoms with Crippen LogP contribution in [0.5, 0.6) is 0 Å². The molecule has 2 aromatic carbocycles. The van der Waals surface area contributed by atoms with Crippen LogP contribution in [-0.4, -0.2) is 40.3 Å². The molecule has 7 nitrogen and oxygen atoms in total. The number of nitrogens with one attached hydrogen (secondary N) is 2. The molecular formula is C24H28N4O3. The molecule has 2 N–H and O–H groups in total. The van der Waals surface area contributed by atoms with Crippen molar-refractivity contribution >= 4 is 34.3 Å². The van der Waals surface area contributed by atoms with Crippen molar-refractivity contribution in [1.82, 2.24) is 14.8 Å². The molecule has 0 radical (unpaired) electrons. The van der Waals surface area contributed by atoms with Gasteiger partial charge in [0.05, 0.1) is 0 Å². The zero-order valence-electron chi connectivity index (χ0n) is 18.1. The molecule has 0 saturated heterocycles. The Hall–Kier alpha value is -3.61. The summed E-state index contributed by atoms with van der Waals surface area (Å²) in [6, 6.07) is 14.7. The Balaban J connectivity index is 1.68. The van der Waals surface area contributed by atoms with Gasteiger partial charge < -0.3 is 20.1 Å². The minimum atomic E-state index is -0.207. The van der Waals surface area contributed by atoms with E-state index >= 15 is 0 Å². The highest BCUT2D eigenvalue weighted by atomic mass is 16.2. The van der Waals surface area contributed by atoms with Crippen LogP contribution >= 0.6 is 0 Å². The van der Waals surface area contributed by atoms with Crippen molar-refractivity contribution in [3.8, 4) is 0 Å². The Kier molecular flexibility index (Phi) is 7.07. The number of amides is 3. The summed E-state index contributed by atoms with van der Waals surface area (Å²) in [5.41, 5.74) is 3.09. The number of fused-ring (bicyclic) bond motifs is 1. The molecule has 162 valence electrons. The summed E-state index contributed by atoms with van der Waals surface area (Å²) in [4.78, 5) is 37.8. The van der Waals surface area contributed by atoms with Crippen molar-refractivity contribution < 1.29 is 14.4 Å². The lowest BCUT2D eigenvalue weighted by Gasteiger charge is -2.19. The Labute approximate surface area is 182 Å². The summed E-state index contributed by atoms with van der Waals surface area (Å²) >= 11 is 0. The van der Waals surface area contributed by atoms with Crippen molar-refractivity contribution in [3.05, 3.63) is 65.9 Å². The van der Waals surface area contributed by atoms with Crippen molar-refractivity contribution in [1.29, 1.82) is 0 Å². The van der Waals surface area contributed by atoms with E-state index in [1.165, 1.54) is 6.92 Å². The van der Waals surface area contributed by atoms with Crippen LogP contribution in [0.15, 0.2) is 54.7 Å². The number of likely N-dealkylation sites (N-methyl/N-ethyl adjacent to an activating group) is 1. The second kappa shape index (κ2) is 9.93. The zero-order valence-corrected chi connectivity index (χ0v) is 18.1. The molecule has 0 saturated carbocycles. The van der Waals surface area contributed by atoms with Crippen molar-refractivity contribution in [3.63, 3.8) is 0 Å². The minimum Gasteiger partial charge on any atom is -0.352 e. The second-order valence-corrected chi connectivity index (χ2v) is 7.34. The van der Waals surface area contributed by atoms with E-state index in [2.05, 4.69) is 10.6 Å². The number of hydrogen-bond donors (Lipinski definition) is 2. The molecule has 3 rings (SSSR count). The summed E-state index contributed by atoms with van der Waals surface area (Å²) in [6.07, 6.45) is 1.89. The predicted molar refractivity (Wildman–Crippen MR) is 122 cm³/mol. The average molecular weight is 421 g/mol. The van der Waals surface area contributed by atoms with Crippen LogP contribution in [0.2, 0.25) is 0 Å². The Morgan fingerprint density at radius 2 is 1.68 bits per heavy atom. The van der Waals surface area contributed by atoms with Gasteiger partial charge in [-0.3, -0.25) is 14.4 Å². The fourth-order valence-corrected chi connectivity index (χ4v) is 3.44. The SMILES string of the molecule is CCN(CC)C(=O)Cn1ccc2cc(NC(=O)c3ccc(CNC(C)=O)cc3)ccc21. The lowest BCUT2D eigenvalue weighted by Crippen LogP contribution is -2.33. The van der Waals surface area contributed by atoms with Crippen molar-refractivity contribution in [2.75, 3.05) is 18.4 Å². The molecule has 0 spiro atoms. The van der Waals surface area contributed by atoms with Gasteiger partial charge in [0.25, 0.3) is 5.91 Å². The van der Waals surface area contributed by atoms with Crippen LogP contribution in [0, 0.1) is 0 Å². The third-order valence-electron chi connectivity index (χ3n) is 5.21. The normalized spacial score (nSPS) is 10.7. The molecule has 3 amide bonds. The van der Waals surface area contributed by atoms with Crippen LogP contribution in [-0.2, 0) is 22.7 Å². The molecule has 0 bridgehead atoms. The largest absolute Gasteiger partial charge is 0.352 e. The molecule has 0 aliphatic rings. The first-order chi connectivity index (χ1) is 14.9. The Morgan fingerprint density at radius 3 is 2.32 bits per heavy atom. The van der Waals surface area contributed by atoms with E-state index in [9.17, 15) is 14.4 Å². The summed E-state index contributed by atoms with van der Waals surface area (Å²) in [5.74, 6) is -0.216. The Bertz CT molecular complexity index is 1080. The number of rotatable bonds is 8. The van der Waals surface area contributed by atoms with Crippen LogP contribution in [0.25, 0.3) is 10.9 Å². The van der Waals surface area contributed by atoms with Crippen LogP contribution in [0.3, 0.4) is 0 Å². The lowest BCUT2D eigenvalue weighted by molar-refractivity contribution is -0.131. The molecule has 0 unspecified atom stereocenters. The number of anilines is 1. The number of hydrogen-bond acceptors (Lipinski definition) is 3. The van der Waals surface area contributed by atoms with E-state index in [1.54, 1.807) is 12.1 Å². The fourth-order valence-electron chi connectivity index (χ4n) is 3.44. The quantitative estimate of drug-likeness (QED) is 0.586. The van der Waals surface area contributed by atoms with Gasteiger partial charge in [-0.25, -0.2) is 0 Å². The maximum absolute atomic E-state index is 12.6. The van der Waals surface area contributed by atoms with Gasteiger partial charge in [-0.2, -0.15) is 0 Å². The molecule has 3 aromatic rings. The number of benzene rings is 2. The second-order valence-electron chi connectivity index (χ2n) is 7.34. The van der Waals surface area contributed by atoms with Gasteiger partial charge in [-0.05, 0) is 55.8 Å². The predicted octanol–water partition coefficient (Wildman–Crippen LogP) is 3.40. The highest BCUT2D eigenvalue weighted by Crippen LogP contribution is 2.21. The molecule has 31 heavy (non-hydrogen) atoms. The van der Waals surface area contributed by atoms with Gasteiger partial charge in [0, 0.05) is 54.9 Å². The highest BCUT2D eigenvalue weighted by Gasteiger charge is 2.12. The van der Waals surface area contributed by atoms with Gasteiger partial charge in [-0.1, -0.05) is 12.1 Å². The number of nitrogens with zero attached hydrogens (tertiary/aromatic N) is 2. The van der Waals surface area contributed by atoms with Crippen molar-refractivity contribution in [2.24, 2.45) is 0 Å². The molecule has 0 fully saturated rings. The topological polar surface area (TPSA) is 83.4 Å². The van der Waals surface area contributed by atoms with Crippen LogP contribution < -0.4 is 10.6 Å². The number of carbonyl (C=O) groups excluding carboxylic acids is 3. The van der Waals surface area contributed by atoms with Gasteiger partial charge in [0.1, 0.15) is 6.54 Å². The monoisotopic (exact) mass is 420 g/mol. The third-order valence-corrected chi connectivity index (χ3v) is 5.21. The van der Waals surface area contributed by atoms with E-state index in [-0.39, 0.29) is 17.7 Å². The maximum Gasteiger partial charge on any atom is 0.255 e. The molecule has 1 heterocycles. The van der Waals surface area contributed by atoms with Gasteiger partial charge in [-0.15, -0.1) is 0 Å². The summed E-state index contributed by atoms with van der Waals surface area (Å²) in [5, 5.41) is 6.60. The number of aromatic nitrogens is 1. The lowest BCUT2D eigenvalue weighted by atomic mass is 10.1. The molecule has 1 aromatic heterocycles. The first-order valence-electron chi connectivity index (χ1n) is 10.4. The first kappa shape index (κ1) is 22.1. The van der Waals surface area contributed by atoms with Crippen molar-refractivity contribution in [2.45, 2.75) is 33.9 Å². The smallest absolute Gasteiger partial charge is 0.255 e. The van der Waals surface area contributed by atoms with E-state index in [0.29, 0.717) is 37.4 Å². The summed E-state index contributed by atoms with van der Waals surface area (Å²) in [7, 11) is 0. The Morgan fingerprint density at radius 1 is 0.968 bits per heavy atom. The van der Waals surface area contributed by atoms with Gasteiger partial charge in [0.15, 0.2) is 0 Å². The van der Waals surface area contributed by atoms with Crippen LogP contribution in [0.1, 0.15) is 36.7 Å². The molecular weight excluding hydrogens is 392 g/mol. The standard InChI is InChI=1S/C24H28N4O3/c1-4-27(5-2)23(30)16-28-13-12-20-14-21(10-11-22(20)28)26-24(31)19-8-6-18(7-9-19)15-25-17(3)29/h6-14H,4-5,15-16H2,1-3H3,(H,25,29)(H,26,31). The number of carbonyl (C=O) groups is 3. The first-order valence-corrected chi connectivity index (χ1v) is 10.4. The van der Waals surface area contributed by atoms with Gasteiger partial charge in [0.2, 0.25) is 11.8 Å². The molecule has 0 aliphatic carbocycles.